The number of hydrogen-bond donors (Lipinski definition) is 0. The molecule has 2 aromatic carbocycles. The topological polar surface area (TPSA) is 69.9 Å². The lowest BCUT2D eigenvalue weighted by atomic mass is 10.1. The van der Waals surface area contributed by atoms with Gasteiger partial charge in [0.2, 0.25) is 0 Å². The van der Waals surface area contributed by atoms with Crippen LogP contribution >= 0.6 is 23.2 Å². The fraction of sp³-hybridized carbons (Fsp3) is 0.0667. The maximum Gasteiger partial charge on any atom is 0.315 e. The molecule has 0 bridgehead atoms. The first kappa shape index (κ1) is 15.5. The van der Waals surface area contributed by atoms with Crippen molar-refractivity contribution in [3.8, 4) is 11.4 Å². The lowest BCUT2D eigenvalue weighted by Gasteiger charge is -2.08. The molecule has 0 fully saturated rings. The molecule has 3 aromatic rings. The second kappa shape index (κ2) is 6.76. The van der Waals surface area contributed by atoms with Gasteiger partial charge in [0.25, 0.3) is 0 Å². The van der Waals surface area contributed by atoms with E-state index in [-0.39, 0.29) is 6.42 Å². The van der Waals surface area contributed by atoms with Gasteiger partial charge >= 0.3 is 5.97 Å². The lowest BCUT2D eigenvalue weighted by molar-refractivity contribution is -0.133. The minimum absolute atomic E-state index is 0.0202. The van der Waals surface area contributed by atoms with Gasteiger partial charge in [0.05, 0.1) is 12.1 Å². The van der Waals surface area contributed by atoms with Gasteiger partial charge in [-0.3, -0.25) is 4.79 Å². The van der Waals surface area contributed by atoms with Crippen molar-refractivity contribution in [1.82, 2.24) is 20.2 Å². The highest BCUT2D eigenvalue weighted by Crippen LogP contribution is 2.25. The van der Waals surface area contributed by atoms with E-state index in [2.05, 4.69) is 15.5 Å². The van der Waals surface area contributed by atoms with E-state index < -0.39 is 5.97 Å². The van der Waals surface area contributed by atoms with Gasteiger partial charge in [0.1, 0.15) is 12.1 Å². The number of benzene rings is 2. The summed E-state index contributed by atoms with van der Waals surface area (Å²) in [5.41, 5.74) is 1.22. The number of nitrogens with zero attached hydrogens (tertiary/aromatic N) is 4. The van der Waals surface area contributed by atoms with Crippen LogP contribution in [-0.2, 0) is 11.2 Å². The molecule has 0 amide bonds. The Bertz CT molecular complexity index is 817. The van der Waals surface area contributed by atoms with Crippen molar-refractivity contribution in [2.24, 2.45) is 0 Å². The summed E-state index contributed by atoms with van der Waals surface area (Å²) in [5, 5.41) is 11.8. The SMILES string of the molecule is O=C(Cc1c(Cl)cccc1Cl)Oc1cccc(-n2cnnn2)c1. The normalized spacial score (nSPS) is 10.5. The molecule has 1 heterocycles. The van der Waals surface area contributed by atoms with Gasteiger partial charge in [0.15, 0.2) is 0 Å². The van der Waals surface area contributed by atoms with E-state index in [9.17, 15) is 4.79 Å². The quantitative estimate of drug-likeness (QED) is 0.535. The summed E-state index contributed by atoms with van der Waals surface area (Å²) >= 11 is 12.1. The number of hydrogen-bond acceptors (Lipinski definition) is 5. The van der Waals surface area contributed by atoms with Gasteiger partial charge in [-0.25, -0.2) is 4.68 Å². The van der Waals surface area contributed by atoms with Crippen LogP contribution in [0.3, 0.4) is 0 Å². The summed E-state index contributed by atoms with van der Waals surface area (Å²) in [6.07, 6.45) is 1.43. The summed E-state index contributed by atoms with van der Waals surface area (Å²) in [4.78, 5) is 12.1. The Hall–Kier alpha value is -2.44. The standard InChI is InChI=1S/C15H10Cl2N4O2/c16-13-5-2-6-14(17)12(13)8-15(22)23-11-4-1-3-10(7-11)21-9-18-19-20-21/h1-7,9H,8H2. The first-order valence-corrected chi connectivity index (χ1v) is 7.36. The number of carbonyl (C=O) groups is 1. The molecule has 0 radical (unpaired) electrons. The second-order valence-electron chi connectivity index (χ2n) is 4.60. The summed E-state index contributed by atoms with van der Waals surface area (Å²) < 4.78 is 6.79. The van der Waals surface area contributed by atoms with Gasteiger partial charge in [-0.15, -0.1) is 5.10 Å². The molecule has 0 saturated carbocycles. The van der Waals surface area contributed by atoms with Crippen LogP contribution in [0.25, 0.3) is 5.69 Å². The second-order valence-corrected chi connectivity index (χ2v) is 5.42. The first-order chi connectivity index (χ1) is 11.1. The van der Waals surface area contributed by atoms with Crippen LogP contribution in [0.15, 0.2) is 48.8 Å². The van der Waals surface area contributed by atoms with Crippen molar-refractivity contribution < 1.29 is 9.53 Å². The number of aromatic nitrogens is 4. The highest BCUT2D eigenvalue weighted by atomic mass is 35.5. The van der Waals surface area contributed by atoms with Crippen molar-refractivity contribution in [1.29, 1.82) is 0 Å². The average molecular weight is 349 g/mol. The van der Waals surface area contributed by atoms with Crippen LogP contribution < -0.4 is 4.74 Å². The van der Waals surface area contributed by atoms with Crippen molar-refractivity contribution in [3.05, 3.63) is 64.4 Å². The maximum atomic E-state index is 12.1. The van der Waals surface area contributed by atoms with Gasteiger partial charge in [0, 0.05) is 21.7 Å². The van der Waals surface area contributed by atoms with Crippen LogP contribution in [0.5, 0.6) is 5.75 Å². The number of rotatable bonds is 4. The van der Waals surface area contributed by atoms with Gasteiger partial charge in [-0.2, -0.15) is 0 Å². The Morgan fingerprint density at radius 3 is 2.57 bits per heavy atom. The molecule has 0 N–H and O–H groups in total. The Balaban J connectivity index is 1.75. The highest BCUT2D eigenvalue weighted by Gasteiger charge is 2.13. The van der Waals surface area contributed by atoms with E-state index in [1.165, 1.54) is 11.0 Å². The molecule has 1 aromatic heterocycles. The third kappa shape index (κ3) is 3.67. The fourth-order valence-electron chi connectivity index (χ4n) is 1.98. The fourth-order valence-corrected chi connectivity index (χ4v) is 2.51. The van der Waals surface area contributed by atoms with E-state index >= 15 is 0 Å². The van der Waals surface area contributed by atoms with Crippen molar-refractivity contribution in [2.45, 2.75) is 6.42 Å². The molecule has 0 atom stereocenters. The first-order valence-electron chi connectivity index (χ1n) is 6.60. The van der Waals surface area contributed by atoms with Gasteiger partial charge in [-0.1, -0.05) is 35.3 Å². The van der Waals surface area contributed by atoms with E-state index in [0.29, 0.717) is 27.0 Å². The number of carbonyl (C=O) groups excluding carboxylic acids is 1. The third-order valence-electron chi connectivity index (χ3n) is 3.05. The molecule has 0 aliphatic carbocycles. The largest absolute Gasteiger partial charge is 0.426 e. The molecule has 0 spiro atoms. The third-order valence-corrected chi connectivity index (χ3v) is 3.75. The molecule has 23 heavy (non-hydrogen) atoms. The van der Waals surface area contributed by atoms with E-state index in [4.69, 9.17) is 27.9 Å². The minimum Gasteiger partial charge on any atom is -0.426 e. The van der Waals surface area contributed by atoms with Gasteiger partial charge in [-0.05, 0) is 34.7 Å². The van der Waals surface area contributed by atoms with Crippen LogP contribution in [0.4, 0.5) is 0 Å². The molecule has 3 rings (SSSR count). The van der Waals surface area contributed by atoms with Crippen LogP contribution in [0.1, 0.15) is 5.56 Å². The summed E-state index contributed by atoms with van der Waals surface area (Å²) in [6, 6.07) is 11.9. The predicted octanol–water partition coefficient (Wildman–Crippen LogP) is 3.12. The summed E-state index contributed by atoms with van der Waals surface area (Å²) in [7, 11) is 0. The van der Waals surface area contributed by atoms with Crippen LogP contribution in [0, 0.1) is 0 Å². The molecule has 0 aliphatic heterocycles. The zero-order valence-corrected chi connectivity index (χ0v) is 13.2. The molecule has 8 heteroatoms. The van der Waals surface area contributed by atoms with Crippen molar-refractivity contribution in [3.63, 3.8) is 0 Å². The maximum absolute atomic E-state index is 12.1. The van der Waals surface area contributed by atoms with Gasteiger partial charge < -0.3 is 4.74 Å². The van der Waals surface area contributed by atoms with Crippen LogP contribution in [0.2, 0.25) is 10.0 Å². The number of halogens is 2. The molecule has 0 unspecified atom stereocenters. The Morgan fingerprint density at radius 2 is 1.87 bits per heavy atom. The number of esters is 1. The van der Waals surface area contributed by atoms with Crippen LogP contribution in [-0.4, -0.2) is 26.2 Å². The molecule has 6 nitrogen and oxygen atoms in total. The molecule has 116 valence electrons. The number of tetrazole rings is 1. The molecular formula is C15H10Cl2N4O2. The Kier molecular flexibility index (Phi) is 4.55. The Labute approximate surface area is 141 Å². The molecule has 0 saturated heterocycles. The van der Waals surface area contributed by atoms with E-state index in [0.717, 1.165) is 0 Å². The molecular weight excluding hydrogens is 339 g/mol. The van der Waals surface area contributed by atoms with Crippen molar-refractivity contribution in [2.75, 3.05) is 0 Å². The van der Waals surface area contributed by atoms with Crippen molar-refractivity contribution >= 4 is 29.2 Å². The minimum atomic E-state index is -0.464. The monoisotopic (exact) mass is 348 g/mol. The predicted molar refractivity (Wildman–Crippen MR) is 85.0 cm³/mol. The highest BCUT2D eigenvalue weighted by molar-refractivity contribution is 6.36. The average Bonchev–Trinajstić information content (AvgIpc) is 3.06. The smallest absolute Gasteiger partial charge is 0.315 e. The summed E-state index contributed by atoms with van der Waals surface area (Å²) in [6.45, 7) is 0. The lowest BCUT2D eigenvalue weighted by Crippen LogP contribution is -2.12. The summed E-state index contributed by atoms with van der Waals surface area (Å²) in [5.74, 6) is -0.0833. The Morgan fingerprint density at radius 1 is 1.13 bits per heavy atom. The zero-order valence-electron chi connectivity index (χ0n) is 11.7. The molecule has 0 aliphatic rings. The zero-order chi connectivity index (χ0) is 16.2. The number of ether oxygens (including phenoxy) is 1. The van der Waals surface area contributed by atoms with E-state index in [1.54, 1.807) is 42.5 Å². The van der Waals surface area contributed by atoms with E-state index in [1.807, 2.05) is 0 Å².